The van der Waals surface area contributed by atoms with Gasteiger partial charge in [-0.1, -0.05) is 13.8 Å². The molecule has 1 aliphatic carbocycles. The summed E-state index contributed by atoms with van der Waals surface area (Å²) in [7, 11) is 0. The SMILES string of the molecule is CC(C)COCCOCCCCNC1CC1. The van der Waals surface area contributed by atoms with E-state index in [4.69, 9.17) is 9.47 Å². The first-order valence-electron chi connectivity index (χ1n) is 6.68. The molecule has 1 rings (SSSR count). The van der Waals surface area contributed by atoms with E-state index in [2.05, 4.69) is 19.2 Å². The van der Waals surface area contributed by atoms with Gasteiger partial charge in [0, 0.05) is 19.3 Å². The van der Waals surface area contributed by atoms with Crippen LogP contribution in [-0.2, 0) is 9.47 Å². The molecule has 0 radical (unpaired) electrons. The van der Waals surface area contributed by atoms with Gasteiger partial charge in [0.1, 0.15) is 0 Å². The molecule has 0 aliphatic heterocycles. The van der Waals surface area contributed by atoms with Crippen molar-refractivity contribution in [3.63, 3.8) is 0 Å². The van der Waals surface area contributed by atoms with Crippen molar-refractivity contribution in [1.82, 2.24) is 5.32 Å². The summed E-state index contributed by atoms with van der Waals surface area (Å²) >= 11 is 0. The van der Waals surface area contributed by atoms with Gasteiger partial charge in [0.15, 0.2) is 0 Å². The molecule has 0 spiro atoms. The molecule has 0 aromatic rings. The minimum atomic E-state index is 0.619. The molecule has 0 aromatic carbocycles. The molecule has 0 saturated heterocycles. The fourth-order valence-electron chi connectivity index (χ4n) is 1.46. The molecule has 1 aliphatic rings. The lowest BCUT2D eigenvalue weighted by atomic mass is 10.2. The molecule has 0 amide bonds. The van der Waals surface area contributed by atoms with E-state index in [1.165, 1.54) is 19.3 Å². The molecule has 0 bridgehead atoms. The van der Waals surface area contributed by atoms with Crippen molar-refractivity contribution in [3.8, 4) is 0 Å². The van der Waals surface area contributed by atoms with Crippen molar-refractivity contribution >= 4 is 0 Å². The lowest BCUT2D eigenvalue weighted by Crippen LogP contribution is -2.17. The Labute approximate surface area is 99.9 Å². The van der Waals surface area contributed by atoms with Crippen molar-refractivity contribution in [2.24, 2.45) is 5.92 Å². The first-order valence-corrected chi connectivity index (χ1v) is 6.68. The van der Waals surface area contributed by atoms with Crippen LogP contribution in [0.15, 0.2) is 0 Å². The van der Waals surface area contributed by atoms with Crippen molar-refractivity contribution in [1.29, 1.82) is 0 Å². The Kier molecular flexibility index (Phi) is 7.81. The van der Waals surface area contributed by atoms with Gasteiger partial charge in [-0.3, -0.25) is 0 Å². The summed E-state index contributed by atoms with van der Waals surface area (Å²) in [5.41, 5.74) is 0. The Morgan fingerprint density at radius 1 is 1.06 bits per heavy atom. The Balaban J connectivity index is 1.64. The van der Waals surface area contributed by atoms with E-state index in [1.807, 2.05) is 0 Å². The van der Waals surface area contributed by atoms with Crippen LogP contribution in [0, 0.1) is 5.92 Å². The Morgan fingerprint density at radius 3 is 2.50 bits per heavy atom. The van der Waals surface area contributed by atoms with Crippen LogP contribution in [0.3, 0.4) is 0 Å². The van der Waals surface area contributed by atoms with Gasteiger partial charge in [-0.15, -0.1) is 0 Å². The number of hydrogen-bond donors (Lipinski definition) is 1. The number of nitrogens with one attached hydrogen (secondary N) is 1. The van der Waals surface area contributed by atoms with Gasteiger partial charge in [-0.05, 0) is 38.1 Å². The highest BCUT2D eigenvalue weighted by Gasteiger charge is 2.19. The second-order valence-corrected chi connectivity index (χ2v) is 5.02. The van der Waals surface area contributed by atoms with Crippen molar-refractivity contribution in [3.05, 3.63) is 0 Å². The Hall–Kier alpha value is -0.120. The molecule has 16 heavy (non-hydrogen) atoms. The number of hydrogen-bond acceptors (Lipinski definition) is 3. The lowest BCUT2D eigenvalue weighted by molar-refractivity contribution is 0.0367. The Morgan fingerprint density at radius 2 is 1.81 bits per heavy atom. The summed E-state index contributed by atoms with van der Waals surface area (Å²) in [6, 6.07) is 0.838. The maximum atomic E-state index is 5.49. The standard InChI is InChI=1S/C13H27NO2/c1-12(2)11-16-10-9-15-8-4-3-7-14-13-5-6-13/h12-14H,3-11H2,1-2H3. The predicted molar refractivity (Wildman–Crippen MR) is 66.7 cm³/mol. The highest BCUT2D eigenvalue weighted by molar-refractivity contribution is 4.80. The highest BCUT2D eigenvalue weighted by Crippen LogP contribution is 2.18. The molecule has 1 N–H and O–H groups in total. The number of ether oxygens (including phenoxy) is 2. The third-order valence-corrected chi connectivity index (χ3v) is 2.55. The number of unbranched alkanes of at least 4 members (excludes halogenated alkanes) is 1. The van der Waals surface area contributed by atoms with E-state index in [1.54, 1.807) is 0 Å². The summed E-state index contributed by atoms with van der Waals surface area (Å²) in [4.78, 5) is 0. The van der Waals surface area contributed by atoms with Gasteiger partial charge in [-0.2, -0.15) is 0 Å². The first-order chi connectivity index (χ1) is 7.79. The van der Waals surface area contributed by atoms with Crippen molar-refractivity contribution < 1.29 is 9.47 Å². The monoisotopic (exact) mass is 229 g/mol. The zero-order valence-corrected chi connectivity index (χ0v) is 10.8. The van der Waals surface area contributed by atoms with Crippen LogP contribution in [0.5, 0.6) is 0 Å². The molecular weight excluding hydrogens is 202 g/mol. The van der Waals surface area contributed by atoms with Crippen LogP contribution in [0.2, 0.25) is 0 Å². The van der Waals surface area contributed by atoms with E-state index in [9.17, 15) is 0 Å². The van der Waals surface area contributed by atoms with Crippen molar-refractivity contribution in [2.45, 2.75) is 45.6 Å². The maximum absolute atomic E-state index is 5.49. The van der Waals surface area contributed by atoms with Gasteiger partial charge in [0.25, 0.3) is 0 Å². The molecule has 1 saturated carbocycles. The molecular formula is C13H27NO2. The lowest BCUT2D eigenvalue weighted by Gasteiger charge is -2.07. The molecule has 96 valence electrons. The van der Waals surface area contributed by atoms with Gasteiger partial charge in [0.2, 0.25) is 0 Å². The third-order valence-electron chi connectivity index (χ3n) is 2.55. The summed E-state index contributed by atoms with van der Waals surface area (Å²) in [5.74, 6) is 0.619. The summed E-state index contributed by atoms with van der Waals surface area (Å²) in [6.45, 7) is 8.66. The van der Waals surface area contributed by atoms with Crippen LogP contribution >= 0.6 is 0 Å². The van der Waals surface area contributed by atoms with Gasteiger partial charge >= 0.3 is 0 Å². The highest BCUT2D eigenvalue weighted by atomic mass is 16.5. The average Bonchev–Trinajstić information content (AvgIpc) is 3.04. The van der Waals surface area contributed by atoms with Gasteiger partial charge < -0.3 is 14.8 Å². The molecule has 0 aromatic heterocycles. The number of rotatable bonds is 11. The molecule has 0 heterocycles. The first kappa shape index (κ1) is 13.9. The second-order valence-electron chi connectivity index (χ2n) is 5.02. The van der Waals surface area contributed by atoms with E-state index in [-0.39, 0.29) is 0 Å². The van der Waals surface area contributed by atoms with Crippen molar-refractivity contribution in [2.75, 3.05) is 33.0 Å². The fraction of sp³-hybridized carbons (Fsp3) is 1.00. The zero-order chi connectivity index (χ0) is 11.6. The van der Waals surface area contributed by atoms with E-state index in [0.29, 0.717) is 5.92 Å². The van der Waals surface area contributed by atoms with Crippen LogP contribution < -0.4 is 5.32 Å². The van der Waals surface area contributed by atoms with E-state index >= 15 is 0 Å². The van der Waals surface area contributed by atoms with Crippen LogP contribution in [-0.4, -0.2) is 39.0 Å². The van der Waals surface area contributed by atoms with E-state index < -0.39 is 0 Å². The summed E-state index contributed by atoms with van der Waals surface area (Å²) in [5, 5.41) is 3.50. The molecule has 3 nitrogen and oxygen atoms in total. The summed E-state index contributed by atoms with van der Waals surface area (Å²) < 4.78 is 10.9. The topological polar surface area (TPSA) is 30.5 Å². The second kappa shape index (κ2) is 8.97. The summed E-state index contributed by atoms with van der Waals surface area (Å²) in [6.07, 6.45) is 5.14. The average molecular weight is 229 g/mol. The van der Waals surface area contributed by atoms with E-state index in [0.717, 1.165) is 45.4 Å². The predicted octanol–water partition coefficient (Wildman–Crippen LogP) is 2.21. The zero-order valence-electron chi connectivity index (χ0n) is 10.8. The minimum Gasteiger partial charge on any atom is -0.379 e. The Bertz CT molecular complexity index is 148. The largest absolute Gasteiger partial charge is 0.379 e. The minimum absolute atomic E-state index is 0.619. The normalized spacial score (nSPS) is 15.9. The van der Waals surface area contributed by atoms with Crippen LogP contribution in [0.25, 0.3) is 0 Å². The molecule has 0 atom stereocenters. The molecule has 3 heteroatoms. The van der Waals surface area contributed by atoms with Gasteiger partial charge in [-0.25, -0.2) is 0 Å². The fourth-order valence-corrected chi connectivity index (χ4v) is 1.46. The van der Waals surface area contributed by atoms with Crippen LogP contribution in [0.4, 0.5) is 0 Å². The maximum Gasteiger partial charge on any atom is 0.0700 e. The molecule has 0 unspecified atom stereocenters. The smallest absolute Gasteiger partial charge is 0.0700 e. The quantitative estimate of drug-likeness (QED) is 0.551. The van der Waals surface area contributed by atoms with Gasteiger partial charge in [0.05, 0.1) is 13.2 Å². The third kappa shape index (κ3) is 9.13. The molecule has 1 fully saturated rings. The van der Waals surface area contributed by atoms with Crippen LogP contribution in [0.1, 0.15) is 39.5 Å².